The van der Waals surface area contributed by atoms with Crippen molar-refractivity contribution in [2.75, 3.05) is 39.3 Å². The molecule has 1 aliphatic rings. The van der Waals surface area contributed by atoms with Crippen molar-refractivity contribution < 1.29 is 14.6 Å². The number of hydrogen-bond donors (Lipinski definition) is 1. The molecule has 5 heteroatoms. The molecule has 1 aromatic rings. The topological polar surface area (TPSA) is 53.0 Å². The zero-order valence-electron chi connectivity index (χ0n) is 14.4. The summed E-state index contributed by atoms with van der Waals surface area (Å²) in [5.41, 5.74) is 2.21. The van der Waals surface area contributed by atoms with Crippen LogP contribution in [0.2, 0.25) is 0 Å². The van der Waals surface area contributed by atoms with Crippen LogP contribution < -0.4 is 0 Å². The summed E-state index contributed by atoms with van der Waals surface area (Å²) in [5.74, 6) is 0.454. The second-order valence-corrected chi connectivity index (χ2v) is 6.33. The first-order valence-electron chi connectivity index (χ1n) is 8.43. The number of carbonyl (C=O) groups excluding carboxylic acids is 1. The van der Waals surface area contributed by atoms with Gasteiger partial charge >= 0.3 is 6.09 Å². The van der Waals surface area contributed by atoms with Crippen LogP contribution in [0.25, 0.3) is 0 Å². The summed E-state index contributed by atoms with van der Waals surface area (Å²) in [4.78, 5) is 15.6. The first-order valence-corrected chi connectivity index (χ1v) is 8.43. The van der Waals surface area contributed by atoms with Crippen LogP contribution in [0.3, 0.4) is 0 Å². The number of piperazine rings is 1. The molecule has 0 radical (unpaired) electrons. The Hall–Kier alpha value is -1.59. The molecule has 128 valence electrons. The van der Waals surface area contributed by atoms with E-state index in [4.69, 9.17) is 4.74 Å². The van der Waals surface area contributed by atoms with Crippen molar-refractivity contribution in [3.63, 3.8) is 0 Å². The number of amides is 1. The Bertz CT molecular complexity index is 511. The lowest BCUT2D eigenvalue weighted by atomic mass is 9.98. The van der Waals surface area contributed by atoms with Crippen LogP contribution in [0, 0.1) is 0 Å². The molecule has 1 saturated heterocycles. The molecule has 1 unspecified atom stereocenters. The van der Waals surface area contributed by atoms with E-state index < -0.39 is 6.10 Å². The van der Waals surface area contributed by atoms with Gasteiger partial charge in [0.05, 0.1) is 12.7 Å². The highest BCUT2D eigenvalue weighted by molar-refractivity contribution is 5.67. The normalized spacial score (nSPS) is 17.3. The number of benzene rings is 1. The quantitative estimate of drug-likeness (QED) is 0.906. The summed E-state index contributed by atoms with van der Waals surface area (Å²) in [6.07, 6.45) is -0.736. The van der Waals surface area contributed by atoms with Crippen LogP contribution in [-0.2, 0) is 4.74 Å². The molecule has 1 aromatic carbocycles. The third kappa shape index (κ3) is 4.94. The van der Waals surface area contributed by atoms with Crippen molar-refractivity contribution in [1.29, 1.82) is 0 Å². The van der Waals surface area contributed by atoms with E-state index in [2.05, 4.69) is 30.9 Å². The predicted molar refractivity (Wildman–Crippen MR) is 90.5 cm³/mol. The van der Waals surface area contributed by atoms with Crippen LogP contribution in [-0.4, -0.2) is 60.3 Å². The highest BCUT2D eigenvalue weighted by Gasteiger charge is 2.23. The molecular formula is C18H28N2O3. The maximum Gasteiger partial charge on any atom is 0.409 e. The molecule has 1 aliphatic heterocycles. The van der Waals surface area contributed by atoms with Crippen LogP contribution in [0.5, 0.6) is 0 Å². The van der Waals surface area contributed by atoms with Crippen molar-refractivity contribution in [1.82, 2.24) is 9.80 Å². The summed E-state index contributed by atoms with van der Waals surface area (Å²) in [6, 6.07) is 8.17. The maximum absolute atomic E-state index is 11.7. The Kier molecular flexibility index (Phi) is 6.42. The van der Waals surface area contributed by atoms with Gasteiger partial charge in [0, 0.05) is 32.7 Å². The number of β-amino-alcohol motifs (C(OH)–C–C–N with tert-alkyl or cyclic N) is 1. The Morgan fingerprint density at radius 3 is 2.48 bits per heavy atom. The van der Waals surface area contributed by atoms with Gasteiger partial charge in [-0.3, -0.25) is 4.90 Å². The standard InChI is InChI=1S/C18H28N2O3/c1-4-23-18(22)20-10-8-19(9-11-20)13-17(21)16-7-5-6-15(12-16)14(2)3/h5-7,12,14,17,21H,4,8-11,13H2,1-3H3. The minimum atomic E-state index is -0.497. The number of aliphatic hydroxyl groups is 1. The molecule has 0 aromatic heterocycles. The van der Waals surface area contributed by atoms with Gasteiger partial charge in [-0.25, -0.2) is 4.79 Å². The molecule has 2 rings (SSSR count). The number of hydrogen-bond acceptors (Lipinski definition) is 4. The first-order chi connectivity index (χ1) is 11.0. The molecule has 1 atom stereocenters. The summed E-state index contributed by atoms with van der Waals surface area (Å²) in [6.45, 7) is 9.95. The minimum absolute atomic E-state index is 0.239. The highest BCUT2D eigenvalue weighted by atomic mass is 16.6. The third-order valence-corrected chi connectivity index (χ3v) is 4.29. The maximum atomic E-state index is 11.7. The van der Waals surface area contributed by atoms with Gasteiger partial charge in [-0.15, -0.1) is 0 Å². The lowest BCUT2D eigenvalue weighted by Crippen LogP contribution is -2.49. The smallest absolute Gasteiger partial charge is 0.409 e. The Morgan fingerprint density at radius 2 is 1.87 bits per heavy atom. The fourth-order valence-corrected chi connectivity index (χ4v) is 2.80. The van der Waals surface area contributed by atoms with Crippen LogP contribution in [0.1, 0.15) is 43.9 Å². The lowest BCUT2D eigenvalue weighted by Gasteiger charge is -2.35. The summed E-state index contributed by atoms with van der Waals surface area (Å²) in [5, 5.41) is 10.5. The Labute approximate surface area is 138 Å². The number of nitrogens with zero attached hydrogens (tertiary/aromatic N) is 2. The largest absolute Gasteiger partial charge is 0.450 e. The predicted octanol–water partition coefficient (Wildman–Crippen LogP) is 2.62. The van der Waals surface area contributed by atoms with Crippen molar-refractivity contribution in [3.05, 3.63) is 35.4 Å². The van der Waals surface area contributed by atoms with E-state index in [1.165, 1.54) is 5.56 Å². The van der Waals surface area contributed by atoms with Gasteiger partial charge in [-0.05, 0) is 24.0 Å². The van der Waals surface area contributed by atoms with E-state index in [0.717, 1.165) is 18.7 Å². The summed E-state index contributed by atoms with van der Waals surface area (Å²) < 4.78 is 5.02. The average molecular weight is 320 g/mol. The lowest BCUT2D eigenvalue weighted by molar-refractivity contribution is 0.0578. The van der Waals surface area contributed by atoms with Gasteiger partial charge in [-0.2, -0.15) is 0 Å². The van der Waals surface area contributed by atoms with Crippen molar-refractivity contribution in [3.8, 4) is 0 Å². The van der Waals surface area contributed by atoms with Gasteiger partial charge in [-0.1, -0.05) is 38.1 Å². The molecule has 5 nitrogen and oxygen atoms in total. The van der Waals surface area contributed by atoms with E-state index in [0.29, 0.717) is 32.2 Å². The molecule has 0 aliphatic carbocycles. The van der Waals surface area contributed by atoms with Crippen molar-refractivity contribution in [2.45, 2.75) is 32.8 Å². The second-order valence-electron chi connectivity index (χ2n) is 6.33. The molecule has 1 N–H and O–H groups in total. The van der Waals surface area contributed by atoms with E-state index >= 15 is 0 Å². The van der Waals surface area contributed by atoms with Crippen LogP contribution in [0.4, 0.5) is 4.79 Å². The zero-order valence-corrected chi connectivity index (χ0v) is 14.4. The van der Waals surface area contributed by atoms with E-state index in [-0.39, 0.29) is 6.09 Å². The minimum Gasteiger partial charge on any atom is -0.450 e. The molecule has 0 spiro atoms. The van der Waals surface area contributed by atoms with Crippen LogP contribution in [0.15, 0.2) is 24.3 Å². The van der Waals surface area contributed by atoms with Gasteiger partial charge in [0.2, 0.25) is 0 Å². The fourth-order valence-electron chi connectivity index (χ4n) is 2.80. The average Bonchev–Trinajstić information content (AvgIpc) is 2.55. The van der Waals surface area contributed by atoms with E-state index in [1.807, 2.05) is 19.1 Å². The molecule has 0 saturated carbocycles. The zero-order chi connectivity index (χ0) is 16.8. The monoisotopic (exact) mass is 320 g/mol. The first kappa shape index (κ1) is 17.8. The van der Waals surface area contributed by atoms with Crippen LogP contribution >= 0.6 is 0 Å². The van der Waals surface area contributed by atoms with Gasteiger partial charge < -0.3 is 14.7 Å². The van der Waals surface area contributed by atoms with Crippen molar-refractivity contribution >= 4 is 6.09 Å². The number of ether oxygens (including phenoxy) is 1. The molecule has 1 heterocycles. The number of aliphatic hydroxyl groups excluding tert-OH is 1. The van der Waals surface area contributed by atoms with Crippen molar-refractivity contribution in [2.24, 2.45) is 0 Å². The highest BCUT2D eigenvalue weighted by Crippen LogP contribution is 2.21. The van der Waals surface area contributed by atoms with Gasteiger partial charge in [0.25, 0.3) is 0 Å². The summed E-state index contributed by atoms with van der Waals surface area (Å²) >= 11 is 0. The SMILES string of the molecule is CCOC(=O)N1CCN(CC(O)c2cccc(C(C)C)c2)CC1. The van der Waals surface area contributed by atoms with Gasteiger partial charge in [0.15, 0.2) is 0 Å². The van der Waals surface area contributed by atoms with Gasteiger partial charge in [0.1, 0.15) is 0 Å². The Morgan fingerprint density at radius 1 is 1.22 bits per heavy atom. The molecule has 1 fully saturated rings. The molecule has 1 amide bonds. The molecule has 0 bridgehead atoms. The molecule has 23 heavy (non-hydrogen) atoms. The fraction of sp³-hybridized carbons (Fsp3) is 0.611. The third-order valence-electron chi connectivity index (χ3n) is 4.29. The number of rotatable bonds is 5. The molecular weight excluding hydrogens is 292 g/mol. The number of carbonyl (C=O) groups is 1. The van der Waals surface area contributed by atoms with E-state index in [1.54, 1.807) is 4.90 Å². The second kappa shape index (κ2) is 8.31. The Balaban J connectivity index is 1.86. The van der Waals surface area contributed by atoms with E-state index in [9.17, 15) is 9.90 Å². The summed E-state index contributed by atoms with van der Waals surface area (Å²) in [7, 11) is 0.